The van der Waals surface area contributed by atoms with Gasteiger partial charge in [-0.25, -0.2) is 0 Å². The van der Waals surface area contributed by atoms with Crippen LogP contribution in [0.2, 0.25) is 0 Å². The van der Waals surface area contributed by atoms with Crippen molar-refractivity contribution in [3.8, 4) is 5.75 Å². The minimum atomic E-state index is 0.685. The molecule has 0 amide bonds. The first kappa shape index (κ1) is 10.2. The predicted octanol–water partition coefficient (Wildman–Crippen LogP) is 2.59. The highest BCUT2D eigenvalue weighted by atomic mass is 16.5. The van der Waals surface area contributed by atoms with Gasteiger partial charge >= 0.3 is 0 Å². The Morgan fingerprint density at radius 3 is 2.87 bits per heavy atom. The molecule has 2 rings (SSSR count). The number of ether oxygens (including phenoxy) is 1. The summed E-state index contributed by atoms with van der Waals surface area (Å²) in [7, 11) is 0. The third-order valence-electron chi connectivity index (χ3n) is 2.63. The van der Waals surface area contributed by atoms with Gasteiger partial charge in [0.25, 0.3) is 0 Å². The van der Waals surface area contributed by atoms with E-state index in [0.29, 0.717) is 13.2 Å². The molecule has 2 heteroatoms. The topological polar surface area (TPSA) is 35.2 Å². The molecule has 15 heavy (non-hydrogen) atoms. The lowest BCUT2D eigenvalue weighted by molar-refractivity contribution is 0.313. The van der Waals surface area contributed by atoms with Crippen molar-refractivity contribution in [2.45, 2.75) is 19.3 Å². The van der Waals surface area contributed by atoms with Crippen LogP contribution in [0.25, 0.3) is 5.57 Å². The average Bonchev–Trinajstić information content (AvgIpc) is 2.16. The van der Waals surface area contributed by atoms with E-state index in [-0.39, 0.29) is 0 Å². The summed E-state index contributed by atoms with van der Waals surface area (Å²) >= 11 is 0. The second-order valence-electron chi connectivity index (χ2n) is 3.79. The van der Waals surface area contributed by atoms with Crippen molar-refractivity contribution in [3.63, 3.8) is 0 Å². The minimum absolute atomic E-state index is 0.685. The van der Waals surface area contributed by atoms with Gasteiger partial charge in [-0.15, -0.1) is 0 Å². The zero-order chi connectivity index (χ0) is 10.5. The lowest BCUT2D eigenvalue weighted by Crippen LogP contribution is -2.06. The molecule has 0 aliphatic heterocycles. The van der Waals surface area contributed by atoms with Crippen molar-refractivity contribution in [1.29, 1.82) is 0 Å². The molecule has 0 saturated carbocycles. The number of hydrogen-bond donors (Lipinski definition) is 1. The van der Waals surface area contributed by atoms with E-state index in [4.69, 9.17) is 10.5 Å². The van der Waals surface area contributed by atoms with Crippen LogP contribution in [0.1, 0.15) is 24.8 Å². The van der Waals surface area contributed by atoms with Gasteiger partial charge in [-0.3, -0.25) is 0 Å². The summed E-state index contributed by atoms with van der Waals surface area (Å²) < 4.78 is 5.60. The van der Waals surface area contributed by atoms with Crippen molar-refractivity contribution < 1.29 is 4.74 Å². The highest BCUT2D eigenvalue weighted by Gasteiger charge is 2.08. The Balaban J connectivity index is 1.99. The smallest absolute Gasteiger partial charge is 0.119 e. The molecule has 80 valence electrons. The van der Waals surface area contributed by atoms with Crippen molar-refractivity contribution in [1.82, 2.24) is 0 Å². The molecule has 1 aromatic rings. The Kier molecular flexibility index (Phi) is 3.41. The van der Waals surface area contributed by atoms with Crippen LogP contribution in [-0.4, -0.2) is 13.2 Å². The predicted molar refractivity (Wildman–Crippen MR) is 62.8 cm³/mol. The lowest BCUT2D eigenvalue weighted by atomic mass is 9.92. The van der Waals surface area contributed by atoms with Crippen molar-refractivity contribution in [2.24, 2.45) is 5.73 Å². The number of benzene rings is 1. The Bertz CT molecular complexity index is 357. The second kappa shape index (κ2) is 4.99. The van der Waals surface area contributed by atoms with Crippen molar-refractivity contribution in [2.75, 3.05) is 13.2 Å². The molecule has 1 aromatic carbocycles. The maximum Gasteiger partial charge on any atom is 0.119 e. The van der Waals surface area contributed by atoms with Crippen LogP contribution in [0.3, 0.4) is 0 Å². The van der Waals surface area contributed by atoms with Gasteiger partial charge in [0.05, 0.1) is 6.61 Å². The molecule has 2 nitrogen and oxygen atoms in total. The van der Waals surface area contributed by atoms with Crippen molar-refractivity contribution >= 4 is 5.57 Å². The summed E-state index contributed by atoms with van der Waals surface area (Å²) in [6, 6.07) is 8.30. The summed E-state index contributed by atoms with van der Waals surface area (Å²) in [5.41, 5.74) is 8.15. The number of hydrogen-bond acceptors (Lipinski definition) is 2. The molecule has 1 aliphatic carbocycles. The molecule has 0 heterocycles. The van der Waals surface area contributed by atoms with Gasteiger partial charge in [0.1, 0.15) is 5.75 Å². The zero-order valence-electron chi connectivity index (χ0n) is 8.91. The first-order chi connectivity index (χ1) is 7.40. The first-order valence-electron chi connectivity index (χ1n) is 5.52. The van der Waals surface area contributed by atoms with E-state index in [1.165, 1.54) is 24.0 Å². The van der Waals surface area contributed by atoms with Gasteiger partial charge in [0.15, 0.2) is 0 Å². The second-order valence-corrected chi connectivity index (χ2v) is 3.79. The first-order valence-corrected chi connectivity index (χ1v) is 5.52. The lowest BCUT2D eigenvalue weighted by Gasteiger charge is -2.15. The molecule has 0 aromatic heterocycles. The SMILES string of the molecule is NCCCOc1cccc(C2=CCC2)c1. The van der Waals surface area contributed by atoms with E-state index in [9.17, 15) is 0 Å². The van der Waals surface area contributed by atoms with Crippen LogP contribution in [0.4, 0.5) is 0 Å². The van der Waals surface area contributed by atoms with Gasteiger partial charge < -0.3 is 10.5 Å². The van der Waals surface area contributed by atoms with Gasteiger partial charge in [0.2, 0.25) is 0 Å². The fourth-order valence-corrected chi connectivity index (χ4v) is 1.61. The van der Waals surface area contributed by atoms with Crippen LogP contribution >= 0.6 is 0 Å². The molecule has 2 N–H and O–H groups in total. The number of allylic oxidation sites excluding steroid dienone is 2. The average molecular weight is 203 g/mol. The molecule has 0 bridgehead atoms. The summed E-state index contributed by atoms with van der Waals surface area (Å²) in [6.45, 7) is 1.39. The van der Waals surface area contributed by atoms with E-state index in [1.54, 1.807) is 0 Å². The number of nitrogens with two attached hydrogens (primary N) is 1. The Morgan fingerprint density at radius 2 is 2.20 bits per heavy atom. The normalized spacial score (nSPS) is 14.3. The fraction of sp³-hybridized carbons (Fsp3) is 0.385. The Labute approximate surface area is 90.7 Å². The molecular weight excluding hydrogens is 186 g/mol. The summed E-state index contributed by atoms with van der Waals surface area (Å²) in [6.07, 6.45) is 5.60. The molecule has 1 aliphatic rings. The molecule has 0 atom stereocenters. The van der Waals surface area contributed by atoms with E-state index >= 15 is 0 Å². The van der Waals surface area contributed by atoms with Crippen LogP contribution in [-0.2, 0) is 0 Å². The maximum absolute atomic E-state index is 5.60. The Morgan fingerprint density at radius 1 is 1.33 bits per heavy atom. The summed E-state index contributed by atoms with van der Waals surface area (Å²) in [4.78, 5) is 0. The Hall–Kier alpha value is -1.28. The fourth-order valence-electron chi connectivity index (χ4n) is 1.61. The van der Waals surface area contributed by atoms with Gasteiger partial charge in [-0.1, -0.05) is 18.2 Å². The van der Waals surface area contributed by atoms with E-state index in [0.717, 1.165) is 12.2 Å². The zero-order valence-corrected chi connectivity index (χ0v) is 8.91. The van der Waals surface area contributed by atoms with Gasteiger partial charge in [-0.05, 0) is 49.1 Å². The van der Waals surface area contributed by atoms with E-state index in [1.807, 2.05) is 12.1 Å². The third kappa shape index (κ3) is 2.60. The van der Waals surface area contributed by atoms with Crippen LogP contribution in [0.5, 0.6) is 5.75 Å². The summed E-state index contributed by atoms with van der Waals surface area (Å²) in [5.74, 6) is 0.953. The molecule has 0 saturated heterocycles. The van der Waals surface area contributed by atoms with E-state index in [2.05, 4.69) is 18.2 Å². The summed E-state index contributed by atoms with van der Waals surface area (Å²) in [5, 5.41) is 0. The number of rotatable bonds is 5. The third-order valence-corrected chi connectivity index (χ3v) is 2.63. The van der Waals surface area contributed by atoms with Gasteiger partial charge in [0, 0.05) is 0 Å². The van der Waals surface area contributed by atoms with Crippen molar-refractivity contribution in [3.05, 3.63) is 35.9 Å². The molecule has 0 unspecified atom stereocenters. The molecule has 0 radical (unpaired) electrons. The molecule has 0 spiro atoms. The van der Waals surface area contributed by atoms with Crippen LogP contribution in [0.15, 0.2) is 30.3 Å². The highest BCUT2D eigenvalue weighted by Crippen LogP contribution is 2.30. The molecular formula is C13H17NO. The van der Waals surface area contributed by atoms with E-state index < -0.39 is 0 Å². The standard InChI is InChI=1S/C13H17NO/c14-8-3-9-15-13-7-2-6-12(10-13)11-4-1-5-11/h2,4,6-7,10H,1,3,5,8-9,14H2. The maximum atomic E-state index is 5.60. The minimum Gasteiger partial charge on any atom is -0.494 e. The monoisotopic (exact) mass is 203 g/mol. The molecule has 0 fully saturated rings. The van der Waals surface area contributed by atoms with Gasteiger partial charge in [-0.2, -0.15) is 0 Å². The van der Waals surface area contributed by atoms with Crippen LogP contribution in [0, 0.1) is 0 Å². The highest BCUT2D eigenvalue weighted by molar-refractivity contribution is 5.70. The largest absolute Gasteiger partial charge is 0.494 e. The quantitative estimate of drug-likeness (QED) is 0.746. The van der Waals surface area contributed by atoms with Crippen LogP contribution < -0.4 is 10.5 Å².